The first-order chi connectivity index (χ1) is 14.3. The van der Waals surface area contributed by atoms with Crippen LogP contribution in [0, 0.1) is 5.92 Å². The van der Waals surface area contributed by atoms with Crippen molar-refractivity contribution in [2.75, 3.05) is 25.1 Å². The maximum atomic E-state index is 6.13. The van der Waals surface area contributed by atoms with E-state index in [0.29, 0.717) is 34.8 Å². The van der Waals surface area contributed by atoms with Crippen LogP contribution in [0.1, 0.15) is 31.1 Å². The minimum absolute atomic E-state index is 0.237. The maximum absolute atomic E-state index is 6.13. The van der Waals surface area contributed by atoms with Gasteiger partial charge < -0.3 is 27.1 Å². The Morgan fingerprint density at radius 3 is 2.53 bits per heavy atom. The topological polar surface area (TPSA) is 144 Å². The van der Waals surface area contributed by atoms with Crippen LogP contribution in [0.3, 0.4) is 0 Å². The van der Waals surface area contributed by atoms with E-state index in [1.807, 2.05) is 31.3 Å². The van der Waals surface area contributed by atoms with Crippen LogP contribution in [-0.4, -0.2) is 34.1 Å². The molecule has 9 nitrogen and oxygen atoms in total. The standard InChI is InChI=1S/C21H29N9/c1-12(2)20(25-3)13-5-6-26-18(8-13)29-19-9-14-7-16(17(10-22)30(4)24)28-21(23)15(14)11-27-19/h5-12,20,25H,22,24H2,1-4H3,(H2,23,28)(H,26,27,29)/b17-10-. The third-order valence-corrected chi connectivity index (χ3v) is 4.92. The average Bonchev–Trinajstić information content (AvgIpc) is 2.68. The molecule has 0 amide bonds. The molecule has 0 bridgehead atoms. The summed E-state index contributed by atoms with van der Waals surface area (Å²) in [6.07, 6.45) is 4.88. The van der Waals surface area contributed by atoms with E-state index < -0.39 is 0 Å². The number of hydrazine groups is 1. The zero-order valence-electron chi connectivity index (χ0n) is 17.7. The van der Waals surface area contributed by atoms with Crippen LogP contribution < -0.4 is 27.9 Å². The lowest BCUT2D eigenvalue weighted by atomic mass is 9.97. The summed E-state index contributed by atoms with van der Waals surface area (Å²) in [7, 11) is 3.65. The molecule has 0 fully saturated rings. The molecule has 0 spiro atoms. The Bertz CT molecular complexity index is 1060. The molecular weight excluding hydrogens is 378 g/mol. The smallest absolute Gasteiger partial charge is 0.133 e. The first-order valence-electron chi connectivity index (χ1n) is 9.71. The molecule has 8 N–H and O–H groups in total. The number of nitrogen functional groups attached to an aromatic ring is 1. The molecule has 1 atom stereocenters. The number of rotatable bonds is 7. The highest BCUT2D eigenvalue weighted by Crippen LogP contribution is 2.27. The minimum atomic E-state index is 0.237. The second-order valence-corrected chi connectivity index (χ2v) is 7.46. The van der Waals surface area contributed by atoms with Gasteiger partial charge >= 0.3 is 0 Å². The van der Waals surface area contributed by atoms with E-state index in [1.54, 1.807) is 19.4 Å². The van der Waals surface area contributed by atoms with Gasteiger partial charge in [-0.05, 0) is 48.2 Å². The molecule has 0 radical (unpaired) electrons. The molecule has 0 aliphatic heterocycles. The first-order valence-corrected chi connectivity index (χ1v) is 9.71. The predicted molar refractivity (Wildman–Crippen MR) is 122 cm³/mol. The first kappa shape index (κ1) is 21.3. The molecule has 158 valence electrons. The van der Waals surface area contributed by atoms with Crippen LogP contribution in [0.5, 0.6) is 0 Å². The lowest BCUT2D eigenvalue weighted by Crippen LogP contribution is -2.25. The van der Waals surface area contributed by atoms with Gasteiger partial charge in [-0.1, -0.05) is 13.8 Å². The molecule has 3 aromatic heterocycles. The van der Waals surface area contributed by atoms with Gasteiger partial charge in [-0.25, -0.2) is 20.8 Å². The zero-order valence-corrected chi connectivity index (χ0v) is 17.7. The van der Waals surface area contributed by atoms with E-state index in [1.165, 1.54) is 11.2 Å². The second-order valence-electron chi connectivity index (χ2n) is 7.46. The van der Waals surface area contributed by atoms with Crippen molar-refractivity contribution < 1.29 is 0 Å². The fourth-order valence-corrected chi connectivity index (χ4v) is 3.48. The maximum Gasteiger partial charge on any atom is 0.133 e. The Hall–Kier alpha value is -3.43. The fraction of sp³-hybridized carbons (Fsp3) is 0.286. The van der Waals surface area contributed by atoms with Gasteiger partial charge in [-0.2, -0.15) is 0 Å². The van der Waals surface area contributed by atoms with Crippen LogP contribution >= 0.6 is 0 Å². The van der Waals surface area contributed by atoms with Crippen LogP contribution in [0.4, 0.5) is 17.5 Å². The van der Waals surface area contributed by atoms with E-state index in [0.717, 1.165) is 16.3 Å². The van der Waals surface area contributed by atoms with Crippen LogP contribution in [-0.2, 0) is 0 Å². The van der Waals surface area contributed by atoms with E-state index in [-0.39, 0.29) is 6.04 Å². The summed E-state index contributed by atoms with van der Waals surface area (Å²) in [5.74, 6) is 8.01. The molecule has 1 unspecified atom stereocenters. The van der Waals surface area contributed by atoms with Gasteiger partial charge in [0.05, 0.1) is 11.4 Å². The highest BCUT2D eigenvalue weighted by Gasteiger charge is 2.15. The van der Waals surface area contributed by atoms with Crippen molar-refractivity contribution in [1.82, 2.24) is 25.3 Å². The normalized spacial score (nSPS) is 12.9. The number of nitrogens with two attached hydrogens (primary N) is 3. The summed E-state index contributed by atoms with van der Waals surface area (Å²) in [5, 5.41) is 9.63. The van der Waals surface area contributed by atoms with Crippen molar-refractivity contribution in [2.24, 2.45) is 17.5 Å². The van der Waals surface area contributed by atoms with E-state index in [2.05, 4.69) is 39.4 Å². The summed E-state index contributed by atoms with van der Waals surface area (Å²) in [4.78, 5) is 13.3. The summed E-state index contributed by atoms with van der Waals surface area (Å²) in [5.41, 5.74) is 14.1. The Morgan fingerprint density at radius 1 is 1.17 bits per heavy atom. The molecule has 3 heterocycles. The summed E-state index contributed by atoms with van der Waals surface area (Å²) in [6.45, 7) is 4.36. The Labute approximate surface area is 176 Å². The molecule has 0 aliphatic carbocycles. The van der Waals surface area contributed by atoms with Gasteiger partial charge in [0.25, 0.3) is 0 Å². The predicted octanol–water partition coefficient (Wildman–Crippen LogP) is 2.33. The van der Waals surface area contributed by atoms with E-state index >= 15 is 0 Å². The molecule has 0 aromatic carbocycles. The molecule has 30 heavy (non-hydrogen) atoms. The van der Waals surface area contributed by atoms with E-state index in [4.69, 9.17) is 17.3 Å². The van der Waals surface area contributed by atoms with Crippen molar-refractivity contribution in [3.8, 4) is 0 Å². The quantitative estimate of drug-likeness (QED) is 0.294. The third-order valence-electron chi connectivity index (χ3n) is 4.92. The van der Waals surface area contributed by atoms with Crippen molar-refractivity contribution in [1.29, 1.82) is 0 Å². The number of fused-ring (bicyclic) bond motifs is 1. The van der Waals surface area contributed by atoms with Gasteiger partial charge in [-0.15, -0.1) is 0 Å². The third kappa shape index (κ3) is 4.42. The average molecular weight is 408 g/mol. The number of aromatic nitrogens is 3. The van der Waals surface area contributed by atoms with Crippen molar-refractivity contribution in [2.45, 2.75) is 19.9 Å². The second kappa shape index (κ2) is 8.93. The molecule has 0 saturated heterocycles. The van der Waals surface area contributed by atoms with Crippen LogP contribution in [0.2, 0.25) is 0 Å². The number of nitrogens with zero attached hydrogens (tertiary/aromatic N) is 4. The van der Waals surface area contributed by atoms with Gasteiger partial charge in [0, 0.05) is 37.1 Å². The number of anilines is 3. The molecule has 0 aliphatic rings. The largest absolute Gasteiger partial charge is 0.403 e. The summed E-state index contributed by atoms with van der Waals surface area (Å²) in [6, 6.07) is 8.05. The van der Waals surface area contributed by atoms with Gasteiger partial charge in [0.1, 0.15) is 17.5 Å². The summed E-state index contributed by atoms with van der Waals surface area (Å²) >= 11 is 0. The molecule has 9 heteroatoms. The minimum Gasteiger partial charge on any atom is -0.403 e. The van der Waals surface area contributed by atoms with Crippen LogP contribution in [0.25, 0.3) is 16.5 Å². The monoisotopic (exact) mass is 407 g/mol. The molecular formula is C21H29N9. The van der Waals surface area contributed by atoms with Gasteiger partial charge in [-0.3, -0.25) is 0 Å². The number of hydrogen-bond donors (Lipinski definition) is 5. The summed E-state index contributed by atoms with van der Waals surface area (Å²) < 4.78 is 0. The lowest BCUT2D eigenvalue weighted by molar-refractivity contribution is 0.443. The number of nitrogens with one attached hydrogen (secondary N) is 2. The highest BCUT2D eigenvalue weighted by atomic mass is 15.4. The number of hydrogen-bond acceptors (Lipinski definition) is 9. The Kier molecular flexibility index (Phi) is 6.34. The van der Waals surface area contributed by atoms with Crippen molar-refractivity contribution in [3.05, 3.63) is 54.1 Å². The van der Waals surface area contributed by atoms with Crippen LogP contribution in [0.15, 0.2) is 42.9 Å². The fourth-order valence-electron chi connectivity index (χ4n) is 3.48. The molecule has 3 rings (SSSR count). The number of pyridine rings is 3. The Morgan fingerprint density at radius 2 is 1.90 bits per heavy atom. The van der Waals surface area contributed by atoms with Gasteiger partial charge in [0.2, 0.25) is 0 Å². The Balaban J connectivity index is 1.96. The van der Waals surface area contributed by atoms with Gasteiger partial charge in [0.15, 0.2) is 0 Å². The van der Waals surface area contributed by atoms with Crippen molar-refractivity contribution >= 4 is 33.9 Å². The van der Waals surface area contributed by atoms with E-state index in [9.17, 15) is 0 Å². The zero-order chi connectivity index (χ0) is 21.8. The highest BCUT2D eigenvalue weighted by molar-refractivity contribution is 5.93. The molecule has 0 saturated carbocycles. The lowest BCUT2D eigenvalue weighted by Gasteiger charge is -2.21. The van der Waals surface area contributed by atoms with Crippen molar-refractivity contribution in [3.63, 3.8) is 0 Å². The SMILES string of the molecule is CNC(c1ccnc(Nc2cc3cc(/C(=C/N)N(C)N)nc(N)c3cn2)c1)C(C)C. The molecule has 3 aromatic rings.